The van der Waals surface area contributed by atoms with Crippen molar-refractivity contribution >= 4 is 39.2 Å². The molecule has 0 bridgehead atoms. The Morgan fingerprint density at radius 2 is 0.926 bits per heavy atom. The summed E-state index contributed by atoms with van der Waals surface area (Å²) < 4.78 is 0. The standard InChI is InChI=1S/2C11H14O2.Pb/c2*1-8(2)7-9-3-5-10(6-4-9)11(12)13;/h2*3-6,8H,7H2,1-2H3,(H,12,13);/q;;+2/p-2. The minimum Gasteiger partial charge on any atom is -0.545 e. The van der Waals surface area contributed by atoms with E-state index < -0.39 is 11.9 Å². The van der Waals surface area contributed by atoms with Gasteiger partial charge in [0.15, 0.2) is 0 Å². The van der Waals surface area contributed by atoms with Gasteiger partial charge in [-0.05, 0) is 46.9 Å². The number of rotatable bonds is 6. The van der Waals surface area contributed by atoms with Crippen molar-refractivity contribution < 1.29 is 19.8 Å². The third-order valence-corrected chi connectivity index (χ3v) is 3.67. The van der Waals surface area contributed by atoms with Gasteiger partial charge in [0, 0.05) is 0 Å². The van der Waals surface area contributed by atoms with Crippen LogP contribution in [0, 0.1) is 11.8 Å². The summed E-state index contributed by atoms with van der Waals surface area (Å²) in [5.74, 6) is -1.05. The maximum Gasteiger partial charge on any atom is 2.00 e. The van der Waals surface area contributed by atoms with E-state index >= 15 is 0 Å². The largest absolute Gasteiger partial charge is 2.00 e. The normalized spacial score (nSPS) is 10.0. The molecular formula is C22H26O4Pb. The van der Waals surface area contributed by atoms with Crippen molar-refractivity contribution in [3.05, 3.63) is 70.8 Å². The zero-order valence-corrected chi connectivity index (χ0v) is 20.2. The molecule has 2 aromatic carbocycles. The average molecular weight is 562 g/mol. The summed E-state index contributed by atoms with van der Waals surface area (Å²) >= 11 is 0. The molecule has 0 saturated carbocycles. The fourth-order valence-corrected chi connectivity index (χ4v) is 2.50. The van der Waals surface area contributed by atoms with Crippen LogP contribution in [0.3, 0.4) is 0 Å². The molecule has 0 aliphatic carbocycles. The first kappa shape index (κ1) is 25.3. The molecule has 0 saturated heterocycles. The van der Waals surface area contributed by atoms with Crippen LogP contribution in [0.5, 0.6) is 0 Å². The third-order valence-electron chi connectivity index (χ3n) is 3.67. The van der Waals surface area contributed by atoms with E-state index in [1.807, 2.05) is 24.3 Å². The number of hydrogen-bond donors (Lipinski definition) is 0. The molecule has 4 nitrogen and oxygen atoms in total. The van der Waals surface area contributed by atoms with Crippen molar-refractivity contribution in [2.45, 2.75) is 40.5 Å². The Bertz CT molecular complexity index is 641. The first-order valence-corrected chi connectivity index (χ1v) is 8.79. The van der Waals surface area contributed by atoms with Crippen LogP contribution >= 0.6 is 0 Å². The van der Waals surface area contributed by atoms with Crippen molar-refractivity contribution in [2.24, 2.45) is 11.8 Å². The van der Waals surface area contributed by atoms with E-state index in [1.165, 1.54) is 11.1 Å². The second kappa shape index (κ2) is 12.6. The summed E-state index contributed by atoms with van der Waals surface area (Å²) in [5.41, 5.74) is 2.82. The van der Waals surface area contributed by atoms with E-state index in [0.29, 0.717) is 11.8 Å². The van der Waals surface area contributed by atoms with Crippen LogP contribution in [0.25, 0.3) is 0 Å². The fourth-order valence-electron chi connectivity index (χ4n) is 2.50. The van der Waals surface area contributed by atoms with Gasteiger partial charge in [-0.2, -0.15) is 0 Å². The molecule has 0 aliphatic heterocycles. The van der Waals surface area contributed by atoms with Crippen molar-refractivity contribution in [2.75, 3.05) is 0 Å². The van der Waals surface area contributed by atoms with Gasteiger partial charge in [-0.3, -0.25) is 0 Å². The molecule has 0 fully saturated rings. The molecule has 0 spiro atoms. The van der Waals surface area contributed by atoms with Gasteiger partial charge < -0.3 is 19.8 Å². The molecule has 142 valence electrons. The molecule has 2 rings (SSSR count). The number of benzene rings is 2. The van der Waals surface area contributed by atoms with Gasteiger partial charge in [-0.1, -0.05) is 76.2 Å². The molecule has 0 aliphatic rings. The molecule has 0 atom stereocenters. The smallest absolute Gasteiger partial charge is 0.545 e. The molecule has 0 aromatic heterocycles. The van der Waals surface area contributed by atoms with Gasteiger partial charge in [-0.25, -0.2) is 0 Å². The van der Waals surface area contributed by atoms with Crippen LogP contribution in [-0.2, 0) is 12.8 Å². The van der Waals surface area contributed by atoms with Crippen LogP contribution in [0.15, 0.2) is 48.5 Å². The van der Waals surface area contributed by atoms with Crippen LogP contribution in [0.1, 0.15) is 59.5 Å². The van der Waals surface area contributed by atoms with Gasteiger partial charge in [-0.15, -0.1) is 0 Å². The number of carbonyl (C=O) groups excluding carboxylic acids is 2. The van der Waals surface area contributed by atoms with Gasteiger partial charge in [0.25, 0.3) is 0 Å². The average Bonchev–Trinajstić information content (AvgIpc) is 2.55. The van der Waals surface area contributed by atoms with Crippen molar-refractivity contribution in [3.8, 4) is 0 Å². The second-order valence-electron chi connectivity index (χ2n) is 7.16. The fraction of sp³-hybridized carbons (Fsp3) is 0.364. The van der Waals surface area contributed by atoms with Crippen LogP contribution < -0.4 is 10.2 Å². The maximum atomic E-state index is 10.4. The molecular weight excluding hydrogens is 535 g/mol. The predicted molar refractivity (Wildman–Crippen MR) is 104 cm³/mol. The number of carboxylic acid groups (broad SMARTS) is 2. The number of carbonyl (C=O) groups is 2. The first-order chi connectivity index (χ1) is 12.2. The van der Waals surface area contributed by atoms with Gasteiger partial charge in [0.05, 0.1) is 11.9 Å². The number of aromatic carboxylic acids is 2. The summed E-state index contributed by atoms with van der Waals surface area (Å²) in [6.07, 6.45) is 1.96. The maximum absolute atomic E-state index is 10.4. The number of carboxylic acids is 2. The minimum atomic E-state index is -1.11. The summed E-state index contributed by atoms with van der Waals surface area (Å²) in [4.78, 5) is 20.8. The van der Waals surface area contributed by atoms with E-state index in [4.69, 9.17) is 0 Å². The summed E-state index contributed by atoms with van der Waals surface area (Å²) in [6.45, 7) is 8.53. The molecule has 0 heterocycles. The molecule has 5 heteroatoms. The Kier molecular flexibility index (Phi) is 11.9. The first-order valence-electron chi connectivity index (χ1n) is 8.79. The minimum absolute atomic E-state index is 0. The Morgan fingerprint density at radius 3 is 1.11 bits per heavy atom. The van der Waals surface area contributed by atoms with Gasteiger partial charge in [0.1, 0.15) is 0 Å². The van der Waals surface area contributed by atoms with Crippen LogP contribution in [0.4, 0.5) is 0 Å². The van der Waals surface area contributed by atoms with Crippen LogP contribution in [-0.4, -0.2) is 39.2 Å². The molecule has 27 heavy (non-hydrogen) atoms. The summed E-state index contributed by atoms with van der Waals surface area (Å²) in [6, 6.07) is 13.7. The van der Waals surface area contributed by atoms with E-state index in [9.17, 15) is 19.8 Å². The monoisotopic (exact) mass is 562 g/mol. The van der Waals surface area contributed by atoms with E-state index in [2.05, 4.69) is 27.7 Å². The molecule has 0 N–H and O–H groups in total. The van der Waals surface area contributed by atoms with Crippen molar-refractivity contribution in [3.63, 3.8) is 0 Å². The molecule has 2 radical (unpaired) electrons. The number of hydrogen-bond acceptors (Lipinski definition) is 4. The van der Waals surface area contributed by atoms with Crippen LogP contribution in [0.2, 0.25) is 0 Å². The SMILES string of the molecule is CC(C)Cc1ccc(C(=O)[O-])cc1.CC(C)Cc1ccc(C(=O)[O-])cc1.[Pb+2]. The van der Waals surface area contributed by atoms with E-state index in [1.54, 1.807) is 24.3 Å². The second-order valence-corrected chi connectivity index (χ2v) is 7.16. The Morgan fingerprint density at radius 1 is 0.667 bits per heavy atom. The van der Waals surface area contributed by atoms with Crippen molar-refractivity contribution in [1.82, 2.24) is 0 Å². The third kappa shape index (κ3) is 10.3. The van der Waals surface area contributed by atoms with E-state index in [-0.39, 0.29) is 38.4 Å². The zero-order valence-electron chi connectivity index (χ0n) is 16.3. The Balaban J connectivity index is 0.000000483. The summed E-state index contributed by atoms with van der Waals surface area (Å²) in [7, 11) is 0. The Hall–Kier alpha value is -1.70. The molecule has 0 unspecified atom stereocenters. The predicted octanol–water partition coefficient (Wildman–Crippen LogP) is 2.12. The summed E-state index contributed by atoms with van der Waals surface area (Å²) in [5, 5.41) is 20.8. The van der Waals surface area contributed by atoms with Gasteiger partial charge >= 0.3 is 27.3 Å². The Labute approximate surface area is 181 Å². The van der Waals surface area contributed by atoms with Crippen molar-refractivity contribution in [1.29, 1.82) is 0 Å². The zero-order chi connectivity index (χ0) is 19.7. The molecule has 0 amide bonds. The van der Waals surface area contributed by atoms with Gasteiger partial charge in [0.2, 0.25) is 0 Å². The molecule has 2 aromatic rings. The topological polar surface area (TPSA) is 80.3 Å². The van der Waals surface area contributed by atoms with E-state index in [0.717, 1.165) is 12.8 Å². The quantitative estimate of drug-likeness (QED) is 0.507.